The third-order valence-electron chi connectivity index (χ3n) is 3.67. The summed E-state index contributed by atoms with van der Waals surface area (Å²) in [7, 11) is 0. The highest BCUT2D eigenvalue weighted by Gasteiger charge is 2.09. The van der Waals surface area contributed by atoms with Crippen LogP contribution >= 0.6 is 23.2 Å². The Balaban J connectivity index is 1.84. The summed E-state index contributed by atoms with van der Waals surface area (Å²) in [5.74, 6) is -0.573. The molecule has 2 rings (SSSR count). The van der Waals surface area contributed by atoms with Crippen LogP contribution in [0.25, 0.3) is 0 Å². The second-order valence-corrected chi connectivity index (χ2v) is 6.34. The molecular formula is C18H18Cl2N2O2. The first kappa shape index (κ1) is 18.3. The Bertz CT molecular complexity index is 776. The summed E-state index contributed by atoms with van der Waals surface area (Å²) in [5.41, 5.74) is 3.44. The van der Waals surface area contributed by atoms with E-state index in [1.807, 2.05) is 19.9 Å². The van der Waals surface area contributed by atoms with E-state index in [0.29, 0.717) is 15.6 Å². The summed E-state index contributed by atoms with van der Waals surface area (Å²) < 4.78 is 0. The van der Waals surface area contributed by atoms with Crippen molar-refractivity contribution in [3.05, 3.63) is 68.7 Å². The van der Waals surface area contributed by atoms with Crippen molar-refractivity contribution in [2.75, 3.05) is 6.54 Å². The zero-order valence-corrected chi connectivity index (χ0v) is 15.0. The minimum atomic E-state index is -0.293. The molecular weight excluding hydrogens is 347 g/mol. The van der Waals surface area contributed by atoms with Gasteiger partial charge in [0.1, 0.15) is 0 Å². The number of carbonyl (C=O) groups is 2. The summed E-state index contributed by atoms with van der Waals surface area (Å²) >= 11 is 11.9. The SMILES string of the molecule is Cc1ccc(C(=O)NCC(=O)NCc2ccc(Cl)cc2Cl)cc1C. The minimum Gasteiger partial charge on any atom is -0.350 e. The van der Waals surface area contributed by atoms with E-state index in [9.17, 15) is 9.59 Å². The number of rotatable bonds is 5. The Hall–Kier alpha value is -2.04. The Morgan fingerprint density at radius 2 is 1.71 bits per heavy atom. The predicted octanol–water partition coefficient (Wildman–Crippen LogP) is 3.66. The van der Waals surface area contributed by atoms with Crippen molar-refractivity contribution in [2.45, 2.75) is 20.4 Å². The van der Waals surface area contributed by atoms with Gasteiger partial charge in [-0.2, -0.15) is 0 Å². The Morgan fingerprint density at radius 1 is 0.958 bits per heavy atom. The van der Waals surface area contributed by atoms with Crippen LogP contribution in [0.3, 0.4) is 0 Å². The van der Waals surface area contributed by atoms with Gasteiger partial charge in [0.05, 0.1) is 6.54 Å². The number of carbonyl (C=O) groups excluding carboxylic acids is 2. The highest BCUT2D eigenvalue weighted by molar-refractivity contribution is 6.35. The van der Waals surface area contributed by atoms with Crippen molar-refractivity contribution in [3.8, 4) is 0 Å². The smallest absolute Gasteiger partial charge is 0.251 e. The third-order valence-corrected chi connectivity index (χ3v) is 4.26. The molecule has 0 fully saturated rings. The molecule has 0 aliphatic carbocycles. The van der Waals surface area contributed by atoms with Gasteiger partial charge in [-0.05, 0) is 54.8 Å². The summed E-state index contributed by atoms with van der Waals surface area (Å²) in [6, 6.07) is 10.5. The van der Waals surface area contributed by atoms with Crippen molar-refractivity contribution in [2.24, 2.45) is 0 Å². The molecule has 0 radical (unpaired) electrons. The molecule has 2 aromatic rings. The lowest BCUT2D eigenvalue weighted by Crippen LogP contribution is -2.36. The van der Waals surface area contributed by atoms with Gasteiger partial charge in [-0.15, -0.1) is 0 Å². The van der Waals surface area contributed by atoms with Crippen LogP contribution in [0, 0.1) is 13.8 Å². The van der Waals surface area contributed by atoms with Crippen molar-refractivity contribution in [3.63, 3.8) is 0 Å². The average molecular weight is 365 g/mol. The number of aryl methyl sites for hydroxylation is 2. The van der Waals surface area contributed by atoms with Gasteiger partial charge in [0.25, 0.3) is 5.91 Å². The minimum absolute atomic E-state index is 0.100. The topological polar surface area (TPSA) is 58.2 Å². The summed E-state index contributed by atoms with van der Waals surface area (Å²) in [4.78, 5) is 23.9. The largest absolute Gasteiger partial charge is 0.350 e. The van der Waals surface area contributed by atoms with Crippen LogP contribution in [0.2, 0.25) is 10.0 Å². The van der Waals surface area contributed by atoms with E-state index < -0.39 is 0 Å². The molecule has 6 heteroatoms. The molecule has 0 saturated heterocycles. The van der Waals surface area contributed by atoms with Gasteiger partial charge in [0, 0.05) is 22.2 Å². The van der Waals surface area contributed by atoms with Crippen molar-refractivity contribution >= 4 is 35.0 Å². The normalized spacial score (nSPS) is 10.3. The van der Waals surface area contributed by atoms with Gasteiger partial charge < -0.3 is 10.6 Å². The van der Waals surface area contributed by atoms with Crippen LogP contribution in [0.15, 0.2) is 36.4 Å². The molecule has 0 spiro atoms. The maximum Gasteiger partial charge on any atom is 0.251 e. The first-order valence-electron chi connectivity index (χ1n) is 7.43. The molecule has 0 aliphatic rings. The van der Waals surface area contributed by atoms with E-state index in [-0.39, 0.29) is 24.9 Å². The second kappa shape index (κ2) is 8.18. The van der Waals surface area contributed by atoms with Crippen LogP contribution in [0.1, 0.15) is 27.0 Å². The zero-order chi connectivity index (χ0) is 17.7. The number of halogens is 2. The Morgan fingerprint density at radius 3 is 2.38 bits per heavy atom. The first-order valence-corrected chi connectivity index (χ1v) is 8.18. The molecule has 2 aromatic carbocycles. The fourth-order valence-electron chi connectivity index (χ4n) is 2.07. The van der Waals surface area contributed by atoms with Crippen molar-refractivity contribution in [1.29, 1.82) is 0 Å². The lowest BCUT2D eigenvalue weighted by molar-refractivity contribution is -0.120. The maximum absolute atomic E-state index is 12.1. The molecule has 2 amide bonds. The van der Waals surface area contributed by atoms with Crippen molar-refractivity contribution in [1.82, 2.24) is 10.6 Å². The molecule has 0 atom stereocenters. The average Bonchev–Trinajstić information content (AvgIpc) is 2.54. The molecule has 2 N–H and O–H groups in total. The van der Waals surface area contributed by atoms with E-state index in [0.717, 1.165) is 16.7 Å². The summed E-state index contributed by atoms with van der Waals surface area (Å²) in [5, 5.41) is 6.33. The number of hydrogen-bond donors (Lipinski definition) is 2. The molecule has 0 heterocycles. The molecule has 0 aromatic heterocycles. The summed E-state index contributed by atoms with van der Waals surface area (Å²) in [6.07, 6.45) is 0. The van der Waals surface area contributed by atoms with E-state index in [4.69, 9.17) is 23.2 Å². The Kier molecular flexibility index (Phi) is 6.23. The third kappa shape index (κ3) is 4.98. The van der Waals surface area contributed by atoms with E-state index in [1.165, 1.54) is 0 Å². The fourth-order valence-corrected chi connectivity index (χ4v) is 2.54. The van der Waals surface area contributed by atoms with Crippen LogP contribution < -0.4 is 10.6 Å². The highest BCUT2D eigenvalue weighted by atomic mass is 35.5. The maximum atomic E-state index is 12.1. The zero-order valence-electron chi connectivity index (χ0n) is 13.5. The lowest BCUT2D eigenvalue weighted by atomic mass is 10.1. The molecule has 4 nitrogen and oxygen atoms in total. The number of benzene rings is 2. The standard InChI is InChI=1S/C18H18Cl2N2O2/c1-11-3-4-13(7-12(11)2)18(24)22-10-17(23)21-9-14-5-6-15(19)8-16(14)20/h3-8H,9-10H2,1-2H3,(H,21,23)(H,22,24). The van der Waals surface area contributed by atoms with Crippen LogP contribution in [-0.2, 0) is 11.3 Å². The van der Waals surface area contributed by atoms with Gasteiger partial charge in [0.15, 0.2) is 0 Å². The van der Waals surface area contributed by atoms with Gasteiger partial charge in [-0.3, -0.25) is 9.59 Å². The Labute approximate surface area is 151 Å². The molecule has 0 saturated carbocycles. The molecule has 0 unspecified atom stereocenters. The lowest BCUT2D eigenvalue weighted by Gasteiger charge is -2.09. The number of amides is 2. The van der Waals surface area contributed by atoms with E-state index >= 15 is 0 Å². The van der Waals surface area contributed by atoms with Gasteiger partial charge in [-0.25, -0.2) is 0 Å². The van der Waals surface area contributed by atoms with Crippen LogP contribution in [-0.4, -0.2) is 18.4 Å². The molecule has 24 heavy (non-hydrogen) atoms. The van der Waals surface area contributed by atoms with Gasteiger partial charge in [0.2, 0.25) is 5.91 Å². The van der Waals surface area contributed by atoms with Crippen molar-refractivity contribution < 1.29 is 9.59 Å². The highest BCUT2D eigenvalue weighted by Crippen LogP contribution is 2.20. The van der Waals surface area contributed by atoms with E-state index in [1.54, 1.807) is 30.3 Å². The van der Waals surface area contributed by atoms with Crippen LogP contribution in [0.5, 0.6) is 0 Å². The molecule has 0 aliphatic heterocycles. The number of hydrogen-bond acceptors (Lipinski definition) is 2. The summed E-state index contributed by atoms with van der Waals surface area (Å²) in [6.45, 7) is 4.09. The van der Waals surface area contributed by atoms with E-state index in [2.05, 4.69) is 10.6 Å². The molecule has 0 bridgehead atoms. The van der Waals surface area contributed by atoms with Crippen LogP contribution in [0.4, 0.5) is 0 Å². The van der Waals surface area contributed by atoms with Gasteiger partial charge >= 0.3 is 0 Å². The molecule has 126 valence electrons. The second-order valence-electron chi connectivity index (χ2n) is 5.49. The predicted molar refractivity (Wildman–Crippen MR) is 96.6 cm³/mol. The monoisotopic (exact) mass is 364 g/mol. The quantitative estimate of drug-likeness (QED) is 0.850. The fraction of sp³-hybridized carbons (Fsp3) is 0.222. The number of nitrogens with one attached hydrogen (secondary N) is 2. The van der Waals surface area contributed by atoms with Gasteiger partial charge in [-0.1, -0.05) is 35.3 Å². The first-order chi connectivity index (χ1) is 11.4.